The van der Waals surface area contributed by atoms with Gasteiger partial charge in [0.05, 0.1) is 0 Å². The van der Waals surface area contributed by atoms with E-state index < -0.39 is 0 Å². The Morgan fingerprint density at radius 1 is 1.19 bits per heavy atom. The molecule has 0 saturated carbocycles. The standard InChI is InChI=1S/C21H23N3OS/c1-16(11-12-17-7-4-3-5-8-17)23-20(25)18-9-6-10-19(15-18)24-14-13-22-21(24)26-2/h3-10,13-16H,11-12H2,1-2H3,(H,23,25). The van der Waals surface area contributed by atoms with Crippen LogP contribution in [0.25, 0.3) is 5.69 Å². The summed E-state index contributed by atoms with van der Waals surface area (Å²) in [7, 11) is 0. The van der Waals surface area contributed by atoms with E-state index in [9.17, 15) is 4.79 Å². The number of amides is 1. The van der Waals surface area contributed by atoms with Crippen molar-refractivity contribution in [2.75, 3.05) is 6.26 Å². The topological polar surface area (TPSA) is 46.9 Å². The molecule has 0 fully saturated rings. The molecular formula is C21H23N3OS. The number of aromatic nitrogens is 2. The van der Waals surface area contributed by atoms with Crippen LogP contribution < -0.4 is 5.32 Å². The summed E-state index contributed by atoms with van der Waals surface area (Å²) in [5.41, 5.74) is 2.89. The van der Waals surface area contributed by atoms with Crippen LogP contribution in [0.4, 0.5) is 0 Å². The lowest BCUT2D eigenvalue weighted by atomic mass is 10.1. The number of nitrogens with zero attached hydrogens (tertiary/aromatic N) is 2. The van der Waals surface area contributed by atoms with E-state index >= 15 is 0 Å². The average molecular weight is 366 g/mol. The summed E-state index contributed by atoms with van der Waals surface area (Å²) in [6, 6.07) is 18.1. The van der Waals surface area contributed by atoms with Crippen LogP contribution in [0.2, 0.25) is 0 Å². The Labute approximate surface area is 158 Å². The predicted octanol–water partition coefficient (Wildman–Crippen LogP) is 4.35. The summed E-state index contributed by atoms with van der Waals surface area (Å²) >= 11 is 1.58. The SMILES string of the molecule is CSc1nccn1-c1cccc(C(=O)NC(C)CCc2ccccc2)c1. The van der Waals surface area contributed by atoms with Crippen LogP contribution in [0.15, 0.2) is 72.1 Å². The van der Waals surface area contributed by atoms with Gasteiger partial charge in [0.2, 0.25) is 0 Å². The highest BCUT2D eigenvalue weighted by molar-refractivity contribution is 7.98. The van der Waals surface area contributed by atoms with Gasteiger partial charge in [-0.3, -0.25) is 9.36 Å². The first-order chi connectivity index (χ1) is 12.7. The van der Waals surface area contributed by atoms with Crippen molar-refractivity contribution in [3.05, 3.63) is 78.1 Å². The molecule has 3 aromatic rings. The zero-order chi connectivity index (χ0) is 18.4. The number of hydrogen-bond donors (Lipinski definition) is 1. The summed E-state index contributed by atoms with van der Waals surface area (Å²) in [6.07, 6.45) is 7.53. The highest BCUT2D eigenvalue weighted by Gasteiger charge is 2.12. The lowest BCUT2D eigenvalue weighted by Gasteiger charge is -2.15. The number of rotatable bonds is 7. The van der Waals surface area contributed by atoms with Crippen LogP contribution in [-0.4, -0.2) is 27.8 Å². The third-order valence-electron chi connectivity index (χ3n) is 4.26. The molecule has 1 atom stereocenters. The number of carbonyl (C=O) groups excluding carboxylic acids is 1. The molecular weight excluding hydrogens is 342 g/mol. The molecule has 0 bridgehead atoms. The van der Waals surface area contributed by atoms with Gasteiger partial charge in [-0.15, -0.1) is 0 Å². The van der Waals surface area contributed by atoms with Crippen molar-refractivity contribution in [3.8, 4) is 5.69 Å². The van der Waals surface area contributed by atoms with Gasteiger partial charge in [-0.1, -0.05) is 48.2 Å². The summed E-state index contributed by atoms with van der Waals surface area (Å²) in [6.45, 7) is 2.05. The van der Waals surface area contributed by atoms with Gasteiger partial charge in [-0.2, -0.15) is 0 Å². The van der Waals surface area contributed by atoms with Crippen LogP contribution in [-0.2, 0) is 6.42 Å². The van der Waals surface area contributed by atoms with Gasteiger partial charge in [0.15, 0.2) is 5.16 Å². The van der Waals surface area contributed by atoms with Crippen molar-refractivity contribution in [2.45, 2.75) is 31.0 Å². The molecule has 0 aliphatic carbocycles. The molecule has 1 N–H and O–H groups in total. The molecule has 0 spiro atoms. The maximum Gasteiger partial charge on any atom is 0.251 e. The maximum absolute atomic E-state index is 12.6. The van der Waals surface area contributed by atoms with Crippen molar-refractivity contribution >= 4 is 17.7 Å². The van der Waals surface area contributed by atoms with E-state index in [0.29, 0.717) is 5.56 Å². The molecule has 0 radical (unpaired) electrons. The van der Waals surface area contributed by atoms with Gasteiger partial charge in [0.1, 0.15) is 0 Å². The monoisotopic (exact) mass is 365 g/mol. The minimum Gasteiger partial charge on any atom is -0.350 e. The molecule has 5 heteroatoms. The van der Waals surface area contributed by atoms with E-state index in [2.05, 4.69) is 22.4 Å². The van der Waals surface area contributed by atoms with Crippen molar-refractivity contribution < 1.29 is 4.79 Å². The Kier molecular flexibility index (Phi) is 6.12. The first-order valence-corrected chi connectivity index (χ1v) is 9.92. The fourth-order valence-electron chi connectivity index (χ4n) is 2.84. The highest BCUT2D eigenvalue weighted by Crippen LogP contribution is 2.19. The zero-order valence-electron chi connectivity index (χ0n) is 15.1. The predicted molar refractivity (Wildman–Crippen MR) is 107 cm³/mol. The number of thioether (sulfide) groups is 1. The molecule has 0 saturated heterocycles. The van der Waals surface area contributed by atoms with E-state index in [-0.39, 0.29) is 11.9 Å². The lowest BCUT2D eigenvalue weighted by Crippen LogP contribution is -2.32. The minimum absolute atomic E-state index is 0.0433. The van der Waals surface area contributed by atoms with Gasteiger partial charge in [-0.25, -0.2) is 4.98 Å². The fraction of sp³-hybridized carbons (Fsp3) is 0.238. The molecule has 3 rings (SSSR count). The van der Waals surface area contributed by atoms with Crippen molar-refractivity contribution in [3.63, 3.8) is 0 Å². The summed E-state index contributed by atoms with van der Waals surface area (Å²) in [4.78, 5) is 16.9. The van der Waals surface area contributed by atoms with Gasteiger partial charge < -0.3 is 5.32 Å². The molecule has 0 aliphatic heterocycles. The molecule has 1 unspecified atom stereocenters. The Balaban J connectivity index is 1.63. The quantitative estimate of drug-likeness (QED) is 0.633. The smallest absolute Gasteiger partial charge is 0.251 e. The second kappa shape index (κ2) is 8.72. The second-order valence-corrected chi connectivity index (χ2v) is 7.01. The van der Waals surface area contributed by atoms with E-state index in [0.717, 1.165) is 23.7 Å². The van der Waals surface area contributed by atoms with E-state index in [4.69, 9.17) is 0 Å². The van der Waals surface area contributed by atoms with E-state index in [1.165, 1.54) is 5.56 Å². The van der Waals surface area contributed by atoms with Crippen molar-refractivity contribution in [2.24, 2.45) is 0 Å². The van der Waals surface area contributed by atoms with Crippen molar-refractivity contribution in [1.82, 2.24) is 14.9 Å². The summed E-state index contributed by atoms with van der Waals surface area (Å²) in [5.74, 6) is -0.0433. The Morgan fingerprint density at radius 2 is 2.00 bits per heavy atom. The van der Waals surface area contributed by atoms with Crippen LogP contribution >= 0.6 is 11.8 Å². The molecule has 1 amide bonds. The molecule has 1 heterocycles. The van der Waals surface area contributed by atoms with Crippen LogP contribution in [0.5, 0.6) is 0 Å². The Morgan fingerprint density at radius 3 is 2.77 bits per heavy atom. The summed E-state index contributed by atoms with van der Waals surface area (Å²) in [5, 5.41) is 4.00. The molecule has 4 nitrogen and oxygen atoms in total. The second-order valence-electron chi connectivity index (χ2n) is 6.23. The van der Waals surface area contributed by atoms with Gasteiger partial charge >= 0.3 is 0 Å². The number of benzene rings is 2. The lowest BCUT2D eigenvalue weighted by molar-refractivity contribution is 0.0938. The van der Waals surface area contributed by atoms with E-state index in [1.807, 2.05) is 66.4 Å². The molecule has 1 aromatic heterocycles. The number of carbonyl (C=O) groups is 1. The van der Waals surface area contributed by atoms with Gasteiger partial charge in [-0.05, 0) is 49.8 Å². The molecule has 134 valence electrons. The van der Waals surface area contributed by atoms with Gasteiger partial charge in [0, 0.05) is 29.7 Å². The minimum atomic E-state index is -0.0433. The average Bonchev–Trinajstić information content (AvgIpc) is 3.16. The first-order valence-electron chi connectivity index (χ1n) is 8.70. The van der Waals surface area contributed by atoms with Crippen LogP contribution in [0.1, 0.15) is 29.3 Å². The summed E-state index contributed by atoms with van der Waals surface area (Å²) < 4.78 is 1.99. The normalized spacial score (nSPS) is 11.9. The fourth-order valence-corrected chi connectivity index (χ4v) is 3.37. The van der Waals surface area contributed by atoms with Crippen LogP contribution in [0, 0.1) is 0 Å². The third-order valence-corrected chi connectivity index (χ3v) is 4.93. The number of imidazole rings is 1. The number of aryl methyl sites for hydroxylation is 1. The van der Waals surface area contributed by atoms with Crippen molar-refractivity contribution in [1.29, 1.82) is 0 Å². The Bertz CT molecular complexity index is 860. The first kappa shape index (κ1) is 18.3. The largest absolute Gasteiger partial charge is 0.350 e. The van der Waals surface area contributed by atoms with E-state index in [1.54, 1.807) is 18.0 Å². The Hall–Kier alpha value is -2.53. The zero-order valence-corrected chi connectivity index (χ0v) is 15.9. The maximum atomic E-state index is 12.6. The number of hydrogen-bond acceptors (Lipinski definition) is 3. The number of nitrogens with one attached hydrogen (secondary N) is 1. The third kappa shape index (κ3) is 4.55. The molecule has 26 heavy (non-hydrogen) atoms. The highest BCUT2D eigenvalue weighted by atomic mass is 32.2. The molecule has 2 aromatic carbocycles. The van der Waals surface area contributed by atoms with Gasteiger partial charge in [0.25, 0.3) is 5.91 Å². The van der Waals surface area contributed by atoms with Crippen LogP contribution in [0.3, 0.4) is 0 Å². The molecule has 0 aliphatic rings.